The van der Waals surface area contributed by atoms with Gasteiger partial charge in [0.1, 0.15) is 18.1 Å². The molecule has 0 radical (unpaired) electrons. The molecule has 0 saturated heterocycles. The molecule has 1 N–H and O–H groups in total. The first-order valence-corrected chi connectivity index (χ1v) is 8.99. The minimum atomic E-state index is -0.307. The molecule has 1 aliphatic rings. The Morgan fingerprint density at radius 2 is 2.12 bits per heavy atom. The van der Waals surface area contributed by atoms with Crippen LogP contribution in [0.4, 0.5) is 10.1 Å². The first-order valence-electron chi connectivity index (χ1n) is 8.19. The molecule has 26 heavy (non-hydrogen) atoms. The van der Waals surface area contributed by atoms with Gasteiger partial charge in [0.05, 0.1) is 5.69 Å². The van der Waals surface area contributed by atoms with E-state index < -0.39 is 0 Å². The number of carbonyl (C=O) groups excluding carboxylic acids is 2. The van der Waals surface area contributed by atoms with Crippen molar-refractivity contribution in [1.29, 1.82) is 0 Å². The maximum atomic E-state index is 13.7. The molecule has 2 amide bonds. The summed E-state index contributed by atoms with van der Waals surface area (Å²) in [5, 5.41) is 2.82. The number of ether oxygens (including phenoxy) is 1. The van der Waals surface area contributed by atoms with Gasteiger partial charge in [-0.15, -0.1) is 0 Å². The number of carbonyl (C=O) groups is 2. The smallest absolute Gasteiger partial charge is 0.265 e. The van der Waals surface area contributed by atoms with Crippen LogP contribution in [0.3, 0.4) is 0 Å². The second kappa shape index (κ2) is 7.86. The van der Waals surface area contributed by atoms with Crippen molar-refractivity contribution in [2.75, 3.05) is 18.1 Å². The van der Waals surface area contributed by atoms with Crippen LogP contribution in [0.25, 0.3) is 0 Å². The number of rotatable bonds is 5. The number of amides is 2. The summed E-state index contributed by atoms with van der Waals surface area (Å²) in [6, 6.07) is 11.5. The summed E-state index contributed by atoms with van der Waals surface area (Å²) >= 11 is 3.35. The van der Waals surface area contributed by atoms with Crippen LogP contribution in [0.1, 0.15) is 12.5 Å². The van der Waals surface area contributed by atoms with E-state index in [0.717, 1.165) is 4.47 Å². The SMILES string of the molecule is CC(Cc1ccccc1F)NC(=O)CN1C(=O)COc2cc(Br)ccc21. The normalized spacial score (nSPS) is 14.4. The monoisotopic (exact) mass is 420 g/mol. The molecule has 2 aromatic carbocycles. The number of nitrogens with one attached hydrogen (secondary N) is 1. The Morgan fingerprint density at radius 3 is 2.88 bits per heavy atom. The first-order chi connectivity index (χ1) is 12.4. The molecule has 1 atom stereocenters. The predicted molar refractivity (Wildman–Crippen MR) is 99.7 cm³/mol. The molecule has 1 heterocycles. The summed E-state index contributed by atoms with van der Waals surface area (Å²) in [6.07, 6.45) is 0.374. The molecule has 7 heteroatoms. The molecule has 0 aliphatic carbocycles. The molecule has 1 aliphatic heterocycles. The fourth-order valence-electron chi connectivity index (χ4n) is 2.86. The fourth-order valence-corrected chi connectivity index (χ4v) is 3.20. The highest BCUT2D eigenvalue weighted by molar-refractivity contribution is 9.10. The summed E-state index contributed by atoms with van der Waals surface area (Å²) in [7, 11) is 0. The fraction of sp³-hybridized carbons (Fsp3) is 0.263. The molecule has 0 saturated carbocycles. The lowest BCUT2D eigenvalue weighted by Crippen LogP contribution is -2.47. The highest BCUT2D eigenvalue weighted by atomic mass is 79.9. The molecular formula is C19H18BrFN2O3. The van der Waals surface area contributed by atoms with Crippen molar-refractivity contribution < 1.29 is 18.7 Å². The third kappa shape index (κ3) is 4.22. The summed E-state index contributed by atoms with van der Waals surface area (Å²) in [5.41, 5.74) is 1.10. The molecule has 0 aromatic heterocycles. The van der Waals surface area contributed by atoms with Crippen molar-refractivity contribution in [2.45, 2.75) is 19.4 Å². The lowest BCUT2D eigenvalue weighted by Gasteiger charge is -2.29. The van der Waals surface area contributed by atoms with Crippen molar-refractivity contribution in [3.8, 4) is 5.75 Å². The van der Waals surface area contributed by atoms with Crippen LogP contribution in [-0.2, 0) is 16.0 Å². The summed E-state index contributed by atoms with van der Waals surface area (Å²) in [4.78, 5) is 25.9. The van der Waals surface area contributed by atoms with Gasteiger partial charge in [0.15, 0.2) is 6.61 Å². The zero-order valence-electron chi connectivity index (χ0n) is 14.2. The maximum Gasteiger partial charge on any atom is 0.265 e. The predicted octanol–water partition coefficient (Wildman–Crippen LogP) is 3.06. The Bertz CT molecular complexity index is 843. The summed E-state index contributed by atoms with van der Waals surface area (Å²) in [6.45, 7) is 1.58. The van der Waals surface area contributed by atoms with E-state index in [0.29, 0.717) is 23.4 Å². The van der Waals surface area contributed by atoms with E-state index in [-0.39, 0.29) is 36.8 Å². The van der Waals surface area contributed by atoms with Gasteiger partial charge in [-0.1, -0.05) is 34.1 Å². The molecule has 136 valence electrons. The van der Waals surface area contributed by atoms with E-state index in [2.05, 4.69) is 21.2 Å². The van der Waals surface area contributed by atoms with E-state index in [1.54, 1.807) is 43.3 Å². The highest BCUT2D eigenvalue weighted by Gasteiger charge is 2.27. The number of benzene rings is 2. The van der Waals surface area contributed by atoms with Crippen LogP contribution in [0.15, 0.2) is 46.9 Å². The minimum Gasteiger partial charge on any atom is -0.482 e. The van der Waals surface area contributed by atoms with Crippen molar-refractivity contribution in [1.82, 2.24) is 5.32 Å². The van der Waals surface area contributed by atoms with Crippen molar-refractivity contribution in [3.63, 3.8) is 0 Å². The van der Waals surface area contributed by atoms with Gasteiger partial charge in [0, 0.05) is 10.5 Å². The van der Waals surface area contributed by atoms with Gasteiger partial charge < -0.3 is 10.1 Å². The topological polar surface area (TPSA) is 58.6 Å². The largest absolute Gasteiger partial charge is 0.482 e. The number of anilines is 1. The Balaban J connectivity index is 1.65. The first kappa shape index (κ1) is 18.4. The lowest BCUT2D eigenvalue weighted by molar-refractivity contribution is -0.125. The van der Waals surface area contributed by atoms with Gasteiger partial charge in [-0.2, -0.15) is 0 Å². The van der Waals surface area contributed by atoms with Crippen LogP contribution in [0, 0.1) is 5.82 Å². The van der Waals surface area contributed by atoms with Gasteiger partial charge in [0.2, 0.25) is 5.91 Å². The van der Waals surface area contributed by atoms with Gasteiger partial charge in [-0.05, 0) is 43.2 Å². The number of hydrogen-bond acceptors (Lipinski definition) is 3. The second-order valence-electron chi connectivity index (χ2n) is 6.14. The average molecular weight is 421 g/mol. The number of nitrogens with zero attached hydrogens (tertiary/aromatic N) is 1. The molecule has 1 unspecified atom stereocenters. The van der Waals surface area contributed by atoms with E-state index in [9.17, 15) is 14.0 Å². The van der Waals surface area contributed by atoms with Crippen molar-refractivity contribution in [2.24, 2.45) is 0 Å². The van der Waals surface area contributed by atoms with Gasteiger partial charge >= 0.3 is 0 Å². The van der Waals surface area contributed by atoms with Gasteiger partial charge in [-0.3, -0.25) is 14.5 Å². The third-order valence-corrected chi connectivity index (χ3v) is 4.55. The lowest BCUT2D eigenvalue weighted by atomic mass is 10.1. The zero-order chi connectivity index (χ0) is 18.7. The Kier molecular flexibility index (Phi) is 5.56. The minimum absolute atomic E-state index is 0.110. The molecule has 0 fully saturated rings. The zero-order valence-corrected chi connectivity index (χ0v) is 15.8. The van der Waals surface area contributed by atoms with Crippen LogP contribution in [-0.4, -0.2) is 31.0 Å². The maximum absolute atomic E-state index is 13.7. The number of hydrogen-bond donors (Lipinski definition) is 1. The second-order valence-corrected chi connectivity index (χ2v) is 7.06. The molecule has 0 spiro atoms. The Labute approximate surface area is 159 Å². The van der Waals surface area contributed by atoms with Crippen molar-refractivity contribution >= 4 is 33.4 Å². The number of halogens is 2. The van der Waals surface area contributed by atoms with E-state index in [1.165, 1.54) is 11.0 Å². The quantitative estimate of drug-likeness (QED) is 0.808. The van der Waals surface area contributed by atoms with Crippen LogP contribution in [0.2, 0.25) is 0 Å². The molecular weight excluding hydrogens is 403 g/mol. The third-order valence-electron chi connectivity index (χ3n) is 4.06. The molecule has 2 aromatic rings. The standard InChI is InChI=1S/C19H18BrFN2O3/c1-12(8-13-4-2-3-5-15(13)21)22-18(24)10-23-16-7-6-14(20)9-17(16)26-11-19(23)25/h2-7,9,12H,8,10-11H2,1H3,(H,22,24). The molecule has 3 rings (SSSR count). The van der Waals surface area contributed by atoms with Crippen LogP contribution >= 0.6 is 15.9 Å². The molecule has 0 bridgehead atoms. The Morgan fingerprint density at radius 1 is 1.35 bits per heavy atom. The van der Waals surface area contributed by atoms with E-state index in [4.69, 9.17) is 4.74 Å². The summed E-state index contributed by atoms with van der Waals surface area (Å²) < 4.78 is 20.0. The summed E-state index contributed by atoms with van der Waals surface area (Å²) in [5.74, 6) is -0.336. The van der Waals surface area contributed by atoms with Crippen LogP contribution < -0.4 is 15.0 Å². The van der Waals surface area contributed by atoms with Crippen LogP contribution in [0.5, 0.6) is 5.75 Å². The van der Waals surface area contributed by atoms with Gasteiger partial charge in [0.25, 0.3) is 5.91 Å². The highest BCUT2D eigenvalue weighted by Crippen LogP contribution is 2.34. The van der Waals surface area contributed by atoms with Gasteiger partial charge in [-0.25, -0.2) is 4.39 Å². The molecule has 5 nitrogen and oxygen atoms in total. The van der Waals surface area contributed by atoms with E-state index >= 15 is 0 Å². The average Bonchev–Trinajstić information content (AvgIpc) is 2.59. The van der Waals surface area contributed by atoms with Crippen molar-refractivity contribution in [3.05, 3.63) is 58.3 Å². The number of fused-ring (bicyclic) bond motifs is 1. The Hall–Kier alpha value is -2.41. The van der Waals surface area contributed by atoms with E-state index in [1.807, 2.05) is 0 Å².